The summed E-state index contributed by atoms with van der Waals surface area (Å²) in [6, 6.07) is -12.8. The van der Waals surface area contributed by atoms with E-state index in [9.17, 15) is 38.7 Å². The van der Waals surface area contributed by atoms with Crippen molar-refractivity contribution in [2.24, 2.45) is 41.4 Å². The van der Waals surface area contributed by atoms with Gasteiger partial charge in [0, 0.05) is 49.3 Å². The molecule has 14 atom stereocenters. The molecule has 0 aromatic rings. The lowest BCUT2D eigenvalue weighted by Gasteiger charge is -2.42. The van der Waals surface area contributed by atoms with Gasteiger partial charge in [-0.2, -0.15) is 0 Å². The highest BCUT2D eigenvalue weighted by Crippen LogP contribution is 2.31. The number of carbonyl (C=O) groups is 11. The van der Waals surface area contributed by atoms with Gasteiger partial charge in [-0.25, -0.2) is 0 Å². The normalized spacial score (nSPS) is 28.6. The third kappa shape index (κ3) is 20.3. The summed E-state index contributed by atoms with van der Waals surface area (Å²) in [7, 11) is 9.87. The molecule has 506 valence electrons. The Morgan fingerprint density at radius 1 is 0.506 bits per heavy atom. The molecule has 0 aromatic heterocycles. The lowest BCUT2D eigenvalue weighted by Crippen LogP contribution is -2.64. The first-order valence-electron chi connectivity index (χ1n) is 31.8. The summed E-state index contributed by atoms with van der Waals surface area (Å²) in [4.78, 5) is 172. The van der Waals surface area contributed by atoms with Crippen molar-refractivity contribution < 1.29 is 62.6 Å². The summed E-state index contributed by atoms with van der Waals surface area (Å²) in [5, 5.41) is 20.7. The molecule has 0 aromatic carbocycles. The smallest absolute Gasteiger partial charge is 0.251 e. The van der Waals surface area contributed by atoms with Crippen LogP contribution in [0.3, 0.4) is 0 Å². The number of likely N-dealkylation sites (N-methyl/N-ethyl adjacent to an activating group) is 7. The van der Waals surface area contributed by atoms with Gasteiger partial charge in [0.1, 0.15) is 60.4 Å². The van der Waals surface area contributed by atoms with E-state index in [1.165, 1.54) is 93.8 Å². The molecular weight excluding hydrogens is 1140 g/mol. The summed E-state index contributed by atoms with van der Waals surface area (Å²) >= 11 is 0. The number of nitrogens with zero attached hydrogens (tertiary/aromatic N) is 8. The predicted octanol–water partition coefficient (Wildman–Crippen LogP) is 3.50. The molecule has 2 aliphatic rings. The Labute approximate surface area is 531 Å². The SMILES string of the molecule is C=CC1O[C@@H](C)[C@@H]2C(=O)N(C)CC(=O)N(C)[C@@H](CC(C)C)C(=O)N[C@@H](C(C)C)C(=O)N(C)C(CC(C)C)C(=O)N[C@@H](C)C(=O)N[C@H](C)C(=O)N(C)[C@@H](CC(C)C)C(=O)N(C)[C@@H](CC(C)C)C(=O)N(C)[C@@H](C(C)C)C(=O)N(C)[C@@H]([C@H](O)[C@H](C)C/C=C/C)C(=O)N12. The van der Waals surface area contributed by atoms with Crippen LogP contribution in [-0.4, -0.2) is 244 Å². The van der Waals surface area contributed by atoms with Crippen molar-refractivity contribution in [2.75, 3.05) is 55.9 Å². The summed E-state index contributed by atoms with van der Waals surface area (Å²) < 4.78 is 6.20. The second-order valence-electron chi connectivity index (χ2n) is 27.3. The number of ether oxygens (including phenoxy) is 1. The third-order valence-electron chi connectivity index (χ3n) is 17.1. The zero-order valence-corrected chi connectivity index (χ0v) is 58.2. The number of aliphatic hydroxyl groups is 1. The second kappa shape index (κ2) is 34.7. The summed E-state index contributed by atoms with van der Waals surface area (Å²) in [5.41, 5.74) is 0. The molecule has 0 bridgehead atoms. The Morgan fingerprint density at radius 3 is 1.39 bits per heavy atom. The molecule has 11 amide bonds. The monoisotopic (exact) mass is 1260 g/mol. The van der Waals surface area contributed by atoms with Crippen LogP contribution in [0.4, 0.5) is 0 Å². The maximum Gasteiger partial charge on any atom is 0.251 e. The van der Waals surface area contributed by atoms with Gasteiger partial charge in [0.25, 0.3) is 5.91 Å². The fraction of sp³-hybridized carbons (Fsp3) is 0.769. The van der Waals surface area contributed by atoms with Crippen molar-refractivity contribution in [3.63, 3.8) is 0 Å². The van der Waals surface area contributed by atoms with E-state index in [4.69, 9.17) is 4.74 Å². The average molecular weight is 1260 g/mol. The molecule has 89 heavy (non-hydrogen) atoms. The van der Waals surface area contributed by atoms with Gasteiger partial charge >= 0.3 is 0 Å². The number of fused-ring (bicyclic) bond motifs is 1. The van der Waals surface area contributed by atoms with Crippen LogP contribution in [0.25, 0.3) is 0 Å². The van der Waals surface area contributed by atoms with Crippen LogP contribution in [0.1, 0.15) is 150 Å². The van der Waals surface area contributed by atoms with Crippen LogP contribution in [0, 0.1) is 41.4 Å². The first kappa shape index (κ1) is 78.7. The van der Waals surface area contributed by atoms with Gasteiger partial charge in [-0.05, 0) is 107 Å². The van der Waals surface area contributed by atoms with Gasteiger partial charge in [-0.3, -0.25) is 57.6 Å². The van der Waals surface area contributed by atoms with Gasteiger partial charge in [0.2, 0.25) is 59.1 Å². The molecule has 4 N–H and O–H groups in total. The lowest BCUT2D eigenvalue weighted by atomic mass is 9.91. The largest absolute Gasteiger partial charge is 0.390 e. The molecule has 2 fully saturated rings. The van der Waals surface area contributed by atoms with Crippen LogP contribution in [-0.2, 0) is 57.5 Å². The molecule has 0 spiro atoms. The van der Waals surface area contributed by atoms with Crippen molar-refractivity contribution >= 4 is 65.0 Å². The first-order chi connectivity index (χ1) is 41.1. The molecule has 0 saturated carbocycles. The highest BCUT2D eigenvalue weighted by atomic mass is 16.5. The number of hydrogen-bond acceptors (Lipinski definition) is 13. The molecule has 2 unspecified atom stereocenters. The number of nitrogens with one attached hydrogen (secondary N) is 3. The Bertz CT molecular complexity index is 2520. The first-order valence-corrected chi connectivity index (χ1v) is 31.8. The van der Waals surface area contributed by atoms with E-state index in [1.54, 1.807) is 60.6 Å². The van der Waals surface area contributed by atoms with Gasteiger partial charge in [-0.15, -0.1) is 0 Å². The predicted molar refractivity (Wildman–Crippen MR) is 341 cm³/mol. The zero-order chi connectivity index (χ0) is 68.7. The highest BCUT2D eigenvalue weighted by Gasteiger charge is 2.53. The Morgan fingerprint density at radius 2 is 0.933 bits per heavy atom. The Balaban J connectivity index is 3.08. The van der Waals surface area contributed by atoms with Crippen LogP contribution in [0.5, 0.6) is 0 Å². The van der Waals surface area contributed by atoms with Crippen molar-refractivity contribution in [1.29, 1.82) is 0 Å². The molecule has 2 aliphatic heterocycles. The van der Waals surface area contributed by atoms with E-state index in [2.05, 4.69) is 22.5 Å². The quantitative estimate of drug-likeness (QED) is 0.171. The van der Waals surface area contributed by atoms with Crippen LogP contribution in [0.2, 0.25) is 0 Å². The topological polar surface area (TPSA) is 279 Å². The fourth-order valence-corrected chi connectivity index (χ4v) is 11.7. The minimum absolute atomic E-state index is 0.125. The molecule has 24 nitrogen and oxygen atoms in total. The van der Waals surface area contributed by atoms with E-state index in [-0.39, 0.29) is 55.8 Å². The van der Waals surface area contributed by atoms with Crippen molar-refractivity contribution in [2.45, 2.75) is 229 Å². The van der Waals surface area contributed by atoms with E-state index >= 15 is 19.2 Å². The van der Waals surface area contributed by atoms with Crippen molar-refractivity contribution in [3.8, 4) is 0 Å². The molecule has 2 rings (SSSR count). The van der Waals surface area contributed by atoms with Gasteiger partial charge in [0.15, 0.2) is 6.23 Å². The Kier molecular flexibility index (Phi) is 30.7. The second-order valence-corrected chi connectivity index (χ2v) is 27.3. The maximum absolute atomic E-state index is 15.7. The fourth-order valence-electron chi connectivity index (χ4n) is 11.7. The zero-order valence-electron chi connectivity index (χ0n) is 58.2. The summed E-state index contributed by atoms with van der Waals surface area (Å²) in [6.07, 6.45) is 1.84. The van der Waals surface area contributed by atoms with Crippen LogP contribution < -0.4 is 16.0 Å². The van der Waals surface area contributed by atoms with Gasteiger partial charge in [0.05, 0.1) is 18.8 Å². The maximum atomic E-state index is 15.7. The van der Waals surface area contributed by atoms with Crippen LogP contribution in [0.15, 0.2) is 24.8 Å². The van der Waals surface area contributed by atoms with E-state index in [1.807, 2.05) is 55.4 Å². The third-order valence-corrected chi connectivity index (χ3v) is 17.1. The van der Waals surface area contributed by atoms with Crippen LogP contribution >= 0.6 is 0 Å². The van der Waals surface area contributed by atoms with E-state index in [0.29, 0.717) is 0 Å². The van der Waals surface area contributed by atoms with Gasteiger partial charge < -0.3 is 60.1 Å². The van der Waals surface area contributed by atoms with Gasteiger partial charge in [-0.1, -0.05) is 109 Å². The molecule has 0 radical (unpaired) electrons. The minimum Gasteiger partial charge on any atom is -0.390 e. The number of carbonyl (C=O) groups excluding carboxylic acids is 11. The summed E-state index contributed by atoms with van der Waals surface area (Å²) in [5.74, 6) is -10.1. The average Bonchev–Trinajstić information content (AvgIpc) is 3.69. The van der Waals surface area contributed by atoms with E-state index < -0.39 is 168 Å². The molecule has 2 heterocycles. The van der Waals surface area contributed by atoms with Crippen molar-refractivity contribution in [3.05, 3.63) is 24.8 Å². The lowest BCUT2D eigenvalue weighted by molar-refractivity contribution is -0.161. The number of hydrogen-bond donors (Lipinski definition) is 4. The molecule has 2 saturated heterocycles. The Hall–Kier alpha value is -6.43. The molecule has 0 aliphatic carbocycles. The molecule has 24 heteroatoms. The minimum atomic E-state index is -1.71. The molecular formula is C65H113N11O13. The van der Waals surface area contributed by atoms with E-state index in [0.717, 1.165) is 14.7 Å². The standard InChI is InChI=1S/C65H113N11O13/c1-26-28-29-41(15)55(78)54-65(88)76-50(27-2)89-44(18)53(76)63(86)69(19)34-49(77)70(20)45(30-35(3)4)58(81)68-51(39(11)12)62(85)71(21)46(31-36(5)6)57(80)66-42(16)56(79)67-43(17)59(82)72(22)47(32-37(7)8)60(83)73(23)48(33-38(9)10)61(84)74(24)52(40(13)14)64(87)75(54)25/h26-28,35-48,50-55,78H,2,29-34H2,1,3-25H3,(H,66,80)(H,67,79)(H,68,81)/b28-26+/t41-,42+,43-,44+,45+,46?,47+,48+,50?,51+,52+,53-,54+,55-/m1/s1. The summed E-state index contributed by atoms with van der Waals surface area (Å²) in [6.45, 7) is 33.0. The number of allylic oxidation sites excluding steroid dienone is 2. The number of rotatable bonds is 15. The van der Waals surface area contributed by atoms with Crippen molar-refractivity contribution in [1.82, 2.24) is 55.1 Å². The number of amides is 11. The highest BCUT2D eigenvalue weighted by molar-refractivity contribution is 6.00. The number of aliphatic hydroxyl groups excluding tert-OH is 1.